The number of carbonyl (C=O) groups is 1. The third-order valence-electron chi connectivity index (χ3n) is 5.46. The van der Waals surface area contributed by atoms with Crippen molar-refractivity contribution in [2.24, 2.45) is 0 Å². The molecule has 1 aromatic heterocycles. The van der Waals surface area contributed by atoms with Crippen LogP contribution >= 0.6 is 11.6 Å². The quantitative estimate of drug-likeness (QED) is 0.571. The van der Waals surface area contributed by atoms with Crippen molar-refractivity contribution in [3.63, 3.8) is 0 Å². The van der Waals surface area contributed by atoms with E-state index in [-0.39, 0.29) is 17.2 Å². The van der Waals surface area contributed by atoms with Crippen LogP contribution in [0, 0.1) is 6.92 Å². The Labute approximate surface area is 175 Å². The number of nitrogens with zero attached hydrogens (tertiary/aromatic N) is 3. The Morgan fingerprint density at radius 1 is 1.14 bits per heavy atom. The van der Waals surface area contributed by atoms with Crippen molar-refractivity contribution in [2.45, 2.75) is 45.4 Å². The second kappa shape index (κ2) is 7.30. The SMILES string of the molecule is Cc1c(Cl)cccc1N1CC(c2noc(-c3ccc(C(C)(C)C)cc3)n2)CC1=O. The van der Waals surface area contributed by atoms with E-state index in [2.05, 4.69) is 43.0 Å². The van der Waals surface area contributed by atoms with Gasteiger partial charge in [-0.05, 0) is 47.7 Å². The molecule has 2 aromatic carbocycles. The van der Waals surface area contributed by atoms with Gasteiger partial charge in [-0.2, -0.15) is 4.98 Å². The summed E-state index contributed by atoms with van der Waals surface area (Å²) >= 11 is 6.23. The van der Waals surface area contributed by atoms with Gasteiger partial charge < -0.3 is 9.42 Å². The molecule has 1 atom stereocenters. The first-order valence-corrected chi connectivity index (χ1v) is 10.1. The Morgan fingerprint density at radius 3 is 2.55 bits per heavy atom. The molecule has 4 rings (SSSR count). The van der Waals surface area contributed by atoms with Gasteiger partial charge in [-0.15, -0.1) is 0 Å². The Hall–Kier alpha value is -2.66. The largest absolute Gasteiger partial charge is 0.334 e. The van der Waals surface area contributed by atoms with Crippen molar-refractivity contribution in [2.75, 3.05) is 11.4 Å². The van der Waals surface area contributed by atoms with Crippen LogP contribution in [0.15, 0.2) is 47.0 Å². The summed E-state index contributed by atoms with van der Waals surface area (Å²) in [6, 6.07) is 13.8. The Balaban J connectivity index is 1.54. The smallest absolute Gasteiger partial charge is 0.257 e. The average Bonchev–Trinajstić information content (AvgIpc) is 3.30. The van der Waals surface area contributed by atoms with E-state index in [1.54, 1.807) is 4.90 Å². The van der Waals surface area contributed by atoms with Gasteiger partial charge in [0.1, 0.15) is 0 Å². The summed E-state index contributed by atoms with van der Waals surface area (Å²) in [4.78, 5) is 19.0. The van der Waals surface area contributed by atoms with Crippen LogP contribution in [0.2, 0.25) is 5.02 Å². The normalized spacial score (nSPS) is 17.2. The highest BCUT2D eigenvalue weighted by atomic mass is 35.5. The molecule has 0 saturated carbocycles. The zero-order chi connectivity index (χ0) is 20.8. The van der Waals surface area contributed by atoms with E-state index in [4.69, 9.17) is 16.1 Å². The van der Waals surface area contributed by atoms with E-state index in [9.17, 15) is 4.79 Å². The van der Waals surface area contributed by atoms with Gasteiger partial charge in [0.2, 0.25) is 5.91 Å². The predicted octanol–water partition coefficient (Wildman–Crippen LogP) is 5.52. The summed E-state index contributed by atoms with van der Waals surface area (Å²) in [6.07, 6.45) is 0.355. The van der Waals surface area contributed by atoms with Gasteiger partial charge >= 0.3 is 0 Å². The van der Waals surface area contributed by atoms with Crippen LogP contribution in [0.5, 0.6) is 0 Å². The molecule has 0 N–H and O–H groups in total. The molecular formula is C23H24ClN3O2. The molecule has 6 heteroatoms. The Morgan fingerprint density at radius 2 is 1.86 bits per heavy atom. The number of benzene rings is 2. The maximum Gasteiger partial charge on any atom is 0.257 e. The fourth-order valence-electron chi connectivity index (χ4n) is 3.63. The number of hydrogen-bond donors (Lipinski definition) is 0. The number of anilines is 1. The number of rotatable bonds is 3. The molecule has 1 saturated heterocycles. The van der Waals surface area contributed by atoms with Gasteiger partial charge in [-0.1, -0.05) is 55.7 Å². The highest BCUT2D eigenvalue weighted by Crippen LogP contribution is 2.35. The summed E-state index contributed by atoms with van der Waals surface area (Å²) in [5.74, 6) is 0.981. The first-order valence-electron chi connectivity index (χ1n) is 9.74. The number of hydrogen-bond acceptors (Lipinski definition) is 4. The van der Waals surface area contributed by atoms with Gasteiger partial charge in [0, 0.05) is 35.2 Å². The van der Waals surface area contributed by atoms with Crippen LogP contribution in [-0.4, -0.2) is 22.6 Å². The second-order valence-corrected chi connectivity index (χ2v) is 8.98. The molecule has 0 radical (unpaired) electrons. The lowest BCUT2D eigenvalue weighted by Crippen LogP contribution is -2.25. The molecule has 1 amide bonds. The first-order chi connectivity index (χ1) is 13.7. The molecule has 3 aromatic rings. The molecule has 5 nitrogen and oxygen atoms in total. The Bertz CT molecular complexity index is 1050. The molecule has 2 heterocycles. The maximum atomic E-state index is 12.6. The minimum Gasteiger partial charge on any atom is -0.334 e. The van der Waals surface area contributed by atoms with Crippen LogP contribution < -0.4 is 4.90 Å². The predicted molar refractivity (Wildman–Crippen MR) is 114 cm³/mol. The van der Waals surface area contributed by atoms with Crippen LogP contribution in [0.4, 0.5) is 5.69 Å². The van der Waals surface area contributed by atoms with E-state index in [1.165, 1.54) is 5.56 Å². The van der Waals surface area contributed by atoms with Crippen molar-refractivity contribution >= 4 is 23.2 Å². The maximum absolute atomic E-state index is 12.6. The fourth-order valence-corrected chi connectivity index (χ4v) is 3.80. The zero-order valence-corrected chi connectivity index (χ0v) is 17.8. The standard InChI is InChI=1S/C23H24ClN3O2/c1-14-18(24)6-5-7-19(14)27-13-16(12-20(27)28)21-25-22(29-26-21)15-8-10-17(11-9-15)23(2,3)4/h5-11,16H,12-13H2,1-4H3. The summed E-state index contributed by atoms with van der Waals surface area (Å²) in [6.45, 7) is 8.97. The molecule has 0 spiro atoms. The van der Waals surface area contributed by atoms with Gasteiger partial charge in [-0.3, -0.25) is 4.79 Å². The number of halogens is 1. The number of amides is 1. The van der Waals surface area contributed by atoms with E-state index in [1.807, 2.05) is 37.3 Å². The highest BCUT2D eigenvalue weighted by molar-refractivity contribution is 6.31. The molecule has 1 aliphatic rings. The van der Waals surface area contributed by atoms with Gasteiger partial charge in [0.15, 0.2) is 5.82 Å². The van der Waals surface area contributed by atoms with Gasteiger partial charge in [0.25, 0.3) is 5.89 Å². The minimum absolute atomic E-state index is 0.0428. The molecule has 0 bridgehead atoms. The lowest BCUT2D eigenvalue weighted by atomic mass is 9.87. The third-order valence-corrected chi connectivity index (χ3v) is 5.87. The fraction of sp³-hybridized carbons (Fsp3) is 0.348. The minimum atomic E-state index is -0.104. The van der Waals surface area contributed by atoms with E-state index in [0.29, 0.717) is 29.7 Å². The third kappa shape index (κ3) is 3.79. The van der Waals surface area contributed by atoms with Crippen LogP contribution in [-0.2, 0) is 10.2 Å². The summed E-state index contributed by atoms with van der Waals surface area (Å²) < 4.78 is 5.50. The molecule has 1 aliphatic heterocycles. The zero-order valence-electron chi connectivity index (χ0n) is 17.1. The molecule has 0 aliphatic carbocycles. The van der Waals surface area contributed by atoms with Crippen LogP contribution in [0.3, 0.4) is 0 Å². The van der Waals surface area contributed by atoms with Crippen molar-refractivity contribution < 1.29 is 9.32 Å². The highest BCUT2D eigenvalue weighted by Gasteiger charge is 2.35. The van der Waals surface area contributed by atoms with Crippen LogP contribution in [0.25, 0.3) is 11.5 Å². The molecular weight excluding hydrogens is 386 g/mol. The first kappa shape index (κ1) is 19.6. The van der Waals surface area contributed by atoms with E-state index < -0.39 is 0 Å². The van der Waals surface area contributed by atoms with E-state index >= 15 is 0 Å². The molecule has 1 fully saturated rings. The summed E-state index contributed by atoms with van der Waals surface area (Å²) in [5.41, 5.74) is 3.95. The van der Waals surface area contributed by atoms with Crippen molar-refractivity contribution in [1.82, 2.24) is 10.1 Å². The topological polar surface area (TPSA) is 59.2 Å². The summed E-state index contributed by atoms with van der Waals surface area (Å²) in [7, 11) is 0. The molecule has 150 valence electrons. The average molecular weight is 410 g/mol. The Kier molecular flexibility index (Phi) is 4.95. The second-order valence-electron chi connectivity index (χ2n) is 8.57. The van der Waals surface area contributed by atoms with Gasteiger partial charge in [0.05, 0.1) is 0 Å². The number of aromatic nitrogens is 2. The monoisotopic (exact) mass is 409 g/mol. The van der Waals surface area contributed by atoms with Crippen LogP contribution in [0.1, 0.15) is 50.1 Å². The van der Waals surface area contributed by atoms with Gasteiger partial charge in [-0.25, -0.2) is 0 Å². The molecule has 1 unspecified atom stereocenters. The summed E-state index contributed by atoms with van der Waals surface area (Å²) in [5, 5.41) is 4.81. The van der Waals surface area contributed by atoms with Crippen molar-refractivity contribution in [1.29, 1.82) is 0 Å². The van der Waals surface area contributed by atoms with Crippen molar-refractivity contribution in [3.8, 4) is 11.5 Å². The van der Waals surface area contributed by atoms with Crippen molar-refractivity contribution in [3.05, 3.63) is 64.4 Å². The molecule has 29 heavy (non-hydrogen) atoms. The van der Waals surface area contributed by atoms with E-state index in [0.717, 1.165) is 16.8 Å². The lowest BCUT2D eigenvalue weighted by Gasteiger charge is -2.19. The lowest BCUT2D eigenvalue weighted by molar-refractivity contribution is -0.117. The number of carbonyl (C=O) groups excluding carboxylic acids is 1.